The molecule has 2 aliphatic rings. The van der Waals surface area contributed by atoms with Crippen molar-refractivity contribution in [3.8, 4) is 0 Å². The highest BCUT2D eigenvalue weighted by atomic mass is 32.2. The van der Waals surface area contributed by atoms with E-state index in [0.29, 0.717) is 0 Å². The van der Waals surface area contributed by atoms with E-state index in [4.69, 9.17) is 0 Å². The number of aryl methyl sites for hydroxylation is 1. The van der Waals surface area contributed by atoms with Gasteiger partial charge < -0.3 is 0 Å². The summed E-state index contributed by atoms with van der Waals surface area (Å²) in [5, 5.41) is 0.950. The maximum absolute atomic E-state index is 2.30. The summed E-state index contributed by atoms with van der Waals surface area (Å²) in [5.74, 6) is 0.926. The Morgan fingerprint density at radius 2 is 2.36 bits per heavy atom. The van der Waals surface area contributed by atoms with Crippen LogP contribution in [0.25, 0.3) is 0 Å². The summed E-state index contributed by atoms with van der Waals surface area (Å²) in [6.07, 6.45) is 1.43. The molecule has 1 fully saturated rings. The molecule has 1 heteroatoms. The molecule has 56 valence electrons. The van der Waals surface area contributed by atoms with Crippen molar-refractivity contribution in [1.82, 2.24) is 0 Å². The van der Waals surface area contributed by atoms with Gasteiger partial charge in [0.05, 0.1) is 0 Å². The number of hydrogen-bond acceptors (Lipinski definition) is 1. The lowest BCUT2D eigenvalue weighted by atomic mass is 10.1. The Balaban J connectivity index is 2.24. The van der Waals surface area contributed by atoms with Crippen LogP contribution in [0.3, 0.4) is 0 Å². The van der Waals surface area contributed by atoms with Gasteiger partial charge in [-0.2, -0.15) is 0 Å². The molecular formula is C10H10S. The van der Waals surface area contributed by atoms with Gasteiger partial charge in [0, 0.05) is 10.1 Å². The van der Waals surface area contributed by atoms with Crippen LogP contribution in [-0.2, 0) is 0 Å². The Morgan fingerprint density at radius 3 is 3.18 bits per heavy atom. The Morgan fingerprint density at radius 1 is 1.45 bits per heavy atom. The van der Waals surface area contributed by atoms with Crippen LogP contribution in [0.2, 0.25) is 0 Å². The van der Waals surface area contributed by atoms with Crippen molar-refractivity contribution in [3.63, 3.8) is 0 Å². The third kappa shape index (κ3) is 0.721. The van der Waals surface area contributed by atoms with Crippen molar-refractivity contribution in [2.24, 2.45) is 0 Å². The molecule has 0 spiro atoms. The van der Waals surface area contributed by atoms with E-state index in [1.807, 2.05) is 0 Å². The largest absolute Gasteiger partial charge is 0.122 e. The molecule has 0 bridgehead atoms. The molecule has 1 aromatic carbocycles. The van der Waals surface area contributed by atoms with Crippen molar-refractivity contribution in [3.05, 3.63) is 29.3 Å². The van der Waals surface area contributed by atoms with E-state index >= 15 is 0 Å². The van der Waals surface area contributed by atoms with Gasteiger partial charge >= 0.3 is 0 Å². The fraction of sp³-hybridized carbons (Fsp3) is 0.400. The quantitative estimate of drug-likeness (QED) is 0.565. The molecular weight excluding hydrogens is 152 g/mol. The summed E-state index contributed by atoms with van der Waals surface area (Å²) >= 11 is 2.09. The second-order valence-corrected chi connectivity index (χ2v) is 4.74. The summed E-state index contributed by atoms with van der Waals surface area (Å²) in [5.41, 5.74) is 3.10. The van der Waals surface area contributed by atoms with E-state index in [9.17, 15) is 0 Å². The van der Waals surface area contributed by atoms with E-state index in [1.54, 1.807) is 10.5 Å². The molecule has 1 heterocycles. The van der Waals surface area contributed by atoms with Crippen LogP contribution in [0, 0.1) is 6.92 Å². The molecule has 1 saturated carbocycles. The van der Waals surface area contributed by atoms with Crippen LogP contribution in [0.15, 0.2) is 23.1 Å². The highest BCUT2D eigenvalue weighted by Crippen LogP contribution is 2.61. The molecule has 3 rings (SSSR count). The minimum atomic E-state index is 0.926. The van der Waals surface area contributed by atoms with E-state index in [2.05, 4.69) is 36.9 Å². The van der Waals surface area contributed by atoms with Gasteiger partial charge in [-0.3, -0.25) is 0 Å². The van der Waals surface area contributed by atoms with Crippen molar-refractivity contribution >= 4 is 11.8 Å². The fourth-order valence-corrected chi connectivity index (χ4v) is 3.44. The Labute approximate surface area is 71.0 Å². The molecule has 1 aliphatic carbocycles. The zero-order chi connectivity index (χ0) is 7.42. The van der Waals surface area contributed by atoms with E-state index in [0.717, 1.165) is 11.2 Å². The van der Waals surface area contributed by atoms with Crippen molar-refractivity contribution in [2.75, 3.05) is 0 Å². The number of hydrogen-bond donors (Lipinski definition) is 0. The third-order valence-corrected chi connectivity index (χ3v) is 4.26. The van der Waals surface area contributed by atoms with Crippen molar-refractivity contribution in [2.45, 2.75) is 29.4 Å². The zero-order valence-electron chi connectivity index (χ0n) is 6.50. The smallest absolute Gasteiger partial charge is 0.0170 e. The molecule has 11 heavy (non-hydrogen) atoms. The highest BCUT2D eigenvalue weighted by Gasteiger charge is 2.46. The van der Waals surface area contributed by atoms with Crippen LogP contribution in [0.4, 0.5) is 0 Å². The minimum Gasteiger partial charge on any atom is -0.122 e. The van der Waals surface area contributed by atoms with Crippen LogP contribution in [0.5, 0.6) is 0 Å². The van der Waals surface area contributed by atoms with Crippen LogP contribution < -0.4 is 0 Å². The van der Waals surface area contributed by atoms with Crippen LogP contribution >= 0.6 is 11.8 Å². The lowest BCUT2D eigenvalue weighted by Gasteiger charge is -2.03. The fourth-order valence-electron chi connectivity index (χ4n) is 1.91. The second kappa shape index (κ2) is 1.84. The summed E-state index contributed by atoms with van der Waals surface area (Å²) in [7, 11) is 0. The summed E-state index contributed by atoms with van der Waals surface area (Å²) < 4.78 is 0. The van der Waals surface area contributed by atoms with Gasteiger partial charge in [-0.1, -0.05) is 18.2 Å². The molecule has 0 saturated heterocycles. The van der Waals surface area contributed by atoms with E-state index < -0.39 is 0 Å². The average molecular weight is 162 g/mol. The Bertz CT molecular complexity index is 317. The topological polar surface area (TPSA) is 0 Å². The van der Waals surface area contributed by atoms with Crippen LogP contribution in [-0.4, -0.2) is 5.25 Å². The molecule has 0 radical (unpaired) electrons. The number of rotatable bonds is 0. The van der Waals surface area contributed by atoms with Gasteiger partial charge in [-0.05, 0) is 30.4 Å². The molecule has 0 amide bonds. The van der Waals surface area contributed by atoms with Gasteiger partial charge in [0.1, 0.15) is 0 Å². The Hall–Kier alpha value is -0.430. The average Bonchev–Trinajstić information content (AvgIpc) is 2.67. The van der Waals surface area contributed by atoms with Gasteiger partial charge in [0.15, 0.2) is 0 Å². The normalized spacial score (nSPS) is 31.4. The molecule has 0 nitrogen and oxygen atoms in total. The molecule has 0 aromatic heterocycles. The first-order valence-electron chi connectivity index (χ1n) is 4.12. The highest BCUT2D eigenvalue weighted by molar-refractivity contribution is 8.00. The van der Waals surface area contributed by atoms with Gasteiger partial charge in [0.25, 0.3) is 0 Å². The molecule has 2 atom stereocenters. The van der Waals surface area contributed by atoms with Crippen molar-refractivity contribution in [1.29, 1.82) is 0 Å². The predicted octanol–water partition coefficient (Wildman–Crippen LogP) is 2.96. The second-order valence-electron chi connectivity index (χ2n) is 3.49. The molecule has 1 unspecified atom stereocenters. The maximum atomic E-state index is 2.30. The van der Waals surface area contributed by atoms with Gasteiger partial charge in [0.2, 0.25) is 0 Å². The Kier molecular flexibility index (Phi) is 1.02. The van der Waals surface area contributed by atoms with Gasteiger partial charge in [-0.25, -0.2) is 0 Å². The molecule has 1 aliphatic heterocycles. The minimum absolute atomic E-state index is 0.926. The van der Waals surface area contributed by atoms with Crippen molar-refractivity contribution < 1.29 is 0 Å². The number of thioether (sulfide) groups is 1. The molecule has 0 N–H and O–H groups in total. The summed E-state index contributed by atoms with van der Waals surface area (Å²) in [6.45, 7) is 2.22. The monoisotopic (exact) mass is 162 g/mol. The first-order chi connectivity index (χ1) is 5.36. The summed E-state index contributed by atoms with van der Waals surface area (Å²) in [6, 6.07) is 6.71. The predicted molar refractivity (Wildman–Crippen MR) is 48.2 cm³/mol. The van der Waals surface area contributed by atoms with E-state index in [-0.39, 0.29) is 0 Å². The standard InChI is InChI=1S/C10H10S/c1-6-3-2-4-7-8-5-9(8)11-10(6)7/h2-4,8-9H,5H2,1H3/t8?,9-/m0/s1. The van der Waals surface area contributed by atoms with Gasteiger partial charge in [-0.15, -0.1) is 11.8 Å². The first-order valence-corrected chi connectivity index (χ1v) is 5.00. The zero-order valence-corrected chi connectivity index (χ0v) is 7.32. The molecule has 1 aromatic rings. The van der Waals surface area contributed by atoms with Crippen LogP contribution in [0.1, 0.15) is 23.5 Å². The number of benzene rings is 1. The first kappa shape index (κ1) is 6.13. The third-order valence-electron chi connectivity index (χ3n) is 2.64. The maximum Gasteiger partial charge on any atom is 0.0170 e. The SMILES string of the molecule is Cc1cccc2c1S[C@H]1CC21. The number of fused-ring (bicyclic) bond motifs is 3. The lowest BCUT2D eigenvalue weighted by molar-refractivity contribution is 1.08. The summed E-state index contributed by atoms with van der Waals surface area (Å²) in [4.78, 5) is 1.58. The van der Waals surface area contributed by atoms with E-state index in [1.165, 1.54) is 12.0 Å². The lowest BCUT2D eigenvalue weighted by Crippen LogP contribution is -1.82.